The van der Waals surface area contributed by atoms with Gasteiger partial charge in [-0.25, -0.2) is 0 Å². The highest BCUT2D eigenvalue weighted by Gasteiger charge is 2.46. The first-order valence-electron chi connectivity index (χ1n) is 8.12. The number of carbonyl (C=O) groups excluding carboxylic acids is 1. The van der Waals surface area contributed by atoms with E-state index in [9.17, 15) is 4.79 Å². The van der Waals surface area contributed by atoms with Crippen molar-refractivity contribution in [3.8, 4) is 0 Å². The Morgan fingerprint density at radius 1 is 1.36 bits per heavy atom. The molecule has 1 aromatic carbocycles. The van der Waals surface area contributed by atoms with Crippen LogP contribution in [-0.2, 0) is 11.3 Å². The van der Waals surface area contributed by atoms with Crippen molar-refractivity contribution in [1.82, 2.24) is 10.2 Å². The number of nitrogens with one attached hydrogen (secondary N) is 1. The minimum atomic E-state index is -0.338. The van der Waals surface area contributed by atoms with Crippen LogP contribution in [0.5, 0.6) is 0 Å². The zero-order valence-electron chi connectivity index (χ0n) is 14.2. The molecule has 0 aromatic heterocycles. The minimum Gasteiger partial charge on any atom is -0.354 e. The van der Waals surface area contributed by atoms with E-state index in [1.54, 1.807) is 11.8 Å². The number of carbonyl (C=O) groups is 1. The first-order chi connectivity index (χ1) is 10.5. The van der Waals surface area contributed by atoms with Crippen molar-refractivity contribution in [2.45, 2.75) is 50.6 Å². The number of hydrogen-bond acceptors (Lipinski definition) is 3. The Morgan fingerprint density at radius 3 is 2.55 bits per heavy atom. The average Bonchev–Trinajstić information content (AvgIpc) is 2.50. The van der Waals surface area contributed by atoms with Crippen LogP contribution in [0.25, 0.3) is 0 Å². The molecule has 2 rings (SSSR count). The largest absolute Gasteiger partial charge is 0.354 e. The maximum atomic E-state index is 12.5. The summed E-state index contributed by atoms with van der Waals surface area (Å²) in [4.78, 5) is 16.0. The Hall–Kier alpha value is -1.00. The third-order valence-electron chi connectivity index (χ3n) is 4.60. The molecular weight excluding hydrogens is 292 g/mol. The van der Waals surface area contributed by atoms with E-state index in [0.29, 0.717) is 5.92 Å². The van der Waals surface area contributed by atoms with Crippen LogP contribution in [0.15, 0.2) is 29.2 Å². The topological polar surface area (TPSA) is 32.3 Å². The van der Waals surface area contributed by atoms with Crippen LogP contribution in [-0.4, -0.2) is 35.7 Å². The molecule has 0 saturated carbocycles. The van der Waals surface area contributed by atoms with Gasteiger partial charge in [0.15, 0.2) is 0 Å². The van der Waals surface area contributed by atoms with Crippen LogP contribution in [0.4, 0.5) is 0 Å². The lowest BCUT2D eigenvalue weighted by molar-refractivity contribution is -0.141. The molecule has 1 aliphatic heterocycles. The van der Waals surface area contributed by atoms with Gasteiger partial charge in [-0.15, -0.1) is 11.8 Å². The summed E-state index contributed by atoms with van der Waals surface area (Å²) in [5.41, 5.74) is 0.938. The fourth-order valence-corrected chi connectivity index (χ4v) is 3.14. The molecule has 0 radical (unpaired) electrons. The summed E-state index contributed by atoms with van der Waals surface area (Å²) < 4.78 is 0. The van der Waals surface area contributed by atoms with Crippen LogP contribution in [0, 0.1) is 5.92 Å². The molecule has 4 heteroatoms. The molecule has 1 amide bonds. The highest BCUT2D eigenvalue weighted by molar-refractivity contribution is 7.98. The third kappa shape index (κ3) is 4.05. The smallest absolute Gasteiger partial charge is 0.240 e. The first-order valence-corrected chi connectivity index (χ1v) is 9.34. The highest BCUT2D eigenvalue weighted by Crippen LogP contribution is 2.32. The number of hydrogen-bond donors (Lipinski definition) is 1. The average molecular weight is 321 g/mol. The fraction of sp³-hybridized carbons (Fsp3) is 0.611. The van der Waals surface area contributed by atoms with Crippen LogP contribution >= 0.6 is 11.8 Å². The van der Waals surface area contributed by atoms with Crippen LogP contribution in [0.1, 0.15) is 39.2 Å². The normalized spacial score (nSPS) is 21.7. The summed E-state index contributed by atoms with van der Waals surface area (Å²) in [6, 6.07) is 8.64. The van der Waals surface area contributed by atoms with Crippen molar-refractivity contribution in [3.63, 3.8) is 0 Å². The highest BCUT2D eigenvalue weighted by atomic mass is 32.2. The predicted molar refractivity (Wildman–Crippen MR) is 94.1 cm³/mol. The second kappa shape index (κ2) is 7.51. The maximum Gasteiger partial charge on any atom is 0.240 e. The van der Waals surface area contributed by atoms with Crippen molar-refractivity contribution < 1.29 is 4.79 Å². The molecule has 1 N–H and O–H groups in total. The Morgan fingerprint density at radius 2 is 2.05 bits per heavy atom. The van der Waals surface area contributed by atoms with E-state index in [1.807, 2.05) is 0 Å². The molecule has 22 heavy (non-hydrogen) atoms. The molecule has 1 aromatic rings. The number of likely N-dealkylation sites (tertiary alicyclic amines) is 1. The summed E-state index contributed by atoms with van der Waals surface area (Å²) >= 11 is 1.75. The van der Waals surface area contributed by atoms with Gasteiger partial charge < -0.3 is 5.32 Å². The molecule has 1 atom stereocenters. The minimum absolute atomic E-state index is 0.181. The molecule has 0 spiro atoms. The van der Waals surface area contributed by atoms with E-state index in [-0.39, 0.29) is 11.4 Å². The molecule has 1 saturated heterocycles. The van der Waals surface area contributed by atoms with Gasteiger partial charge in [-0.2, -0.15) is 0 Å². The van der Waals surface area contributed by atoms with Gasteiger partial charge in [-0.3, -0.25) is 9.69 Å². The van der Waals surface area contributed by atoms with Gasteiger partial charge in [0.2, 0.25) is 5.91 Å². The van der Waals surface area contributed by atoms with E-state index in [1.165, 1.54) is 10.5 Å². The second-order valence-electron chi connectivity index (χ2n) is 6.73. The molecular formula is C18H28N2OS. The van der Waals surface area contributed by atoms with Crippen LogP contribution in [0.3, 0.4) is 0 Å². The van der Waals surface area contributed by atoms with Gasteiger partial charge in [0.25, 0.3) is 0 Å². The number of thioether (sulfide) groups is 1. The maximum absolute atomic E-state index is 12.5. The molecule has 0 aliphatic carbocycles. The second-order valence-corrected chi connectivity index (χ2v) is 7.61. The molecule has 1 unspecified atom stereocenters. The predicted octanol–water partition coefficient (Wildman–Crippen LogP) is 3.54. The zero-order chi connectivity index (χ0) is 16.2. The van der Waals surface area contributed by atoms with Crippen molar-refractivity contribution >= 4 is 17.7 Å². The summed E-state index contributed by atoms with van der Waals surface area (Å²) in [5.74, 6) is 0.806. The van der Waals surface area contributed by atoms with Crippen LogP contribution in [0.2, 0.25) is 0 Å². The number of nitrogens with zero attached hydrogens (tertiary/aromatic N) is 1. The first kappa shape index (κ1) is 17.4. The van der Waals surface area contributed by atoms with Gasteiger partial charge >= 0.3 is 0 Å². The molecule has 1 fully saturated rings. The number of amides is 1. The lowest BCUT2D eigenvalue weighted by Crippen LogP contribution is -2.65. The van der Waals surface area contributed by atoms with Gasteiger partial charge in [0.1, 0.15) is 0 Å². The summed E-state index contributed by atoms with van der Waals surface area (Å²) in [5, 5.41) is 3.11. The number of benzene rings is 1. The molecule has 0 bridgehead atoms. The van der Waals surface area contributed by atoms with Crippen LogP contribution < -0.4 is 5.32 Å². The van der Waals surface area contributed by atoms with E-state index in [2.05, 4.69) is 61.5 Å². The fourth-order valence-electron chi connectivity index (χ4n) is 2.73. The zero-order valence-corrected chi connectivity index (χ0v) is 15.0. The lowest BCUT2D eigenvalue weighted by atomic mass is 9.85. The molecule has 3 nitrogen and oxygen atoms in total. The summed E-state index contributed by atoms with van der Waals surface area (Å²) in [7, 11) is 0. The molecule has 1 heterocycles. The van der Waals surface area contributed by atoms with Gasteiger partial charge in [-0.05, 0) is 49.6 Å². The van der Waals surface area contributed by atoms with E-state index in [4.69, 9.17) is 0 Å². The van der Waals surface area contributed by atoms with Gasteiger partial charge in [0.05, 0.1) is 5.54 Å². The summed E-state index contributed by atoms with van der Waals surface area (Å²) in [6.07, 6.45) is 4.07. The van der Waals surface area contributed by atoms with Crippen molar-refractivity contribution in [3.05, 3.63) is 29.8 Å². The SMILES string of the molecule is CSc1ccc(CN2CCC2(C)C(=O)NCCC(C)C)cc1. The van der Waals surface area contributed by atoms with Crippen molar-refractivity contribution in [1.29, 1.82) is 0 Å². The lowest BCUT2D eigenvalue weighted by Gasteiger charge is -2.49. The molecule has 1 aliphatic rings. The Balaban J connectivity index is 1.90. The third-order valence-corrected chi connectivity index (χ3v) is 5.34. The van der Waals surface area contributed by atoms with Gasteiger partial charge in [-0.1, -0.05) is 26.0 Å². The van der Waals surface area contributed by atoms with E-state index >= 15 is 0 Å². The van der Waals surface area contributed by atoms with Gasteiger partial charge in [0, 0.05) is 24.5 Å². The standard InChI is InChI=1S/C18H28N2OS/c1-14(2)9-11-19-17(21)18(3)10-12-20(18)13-15-5-7-16(22-4)8-6-15/h5-8,14H,9-13H2,1-4H3,(H,19,21). The number of rotatable bonds is 7. The van der Waals surface area contributed by atoms with Crippen molar-refractivity contribution in [2.24, 2.45) is 5.92 Å². The Bertz CT molecular complexity index is 500. The monoisotopic (exact) mass is 320 g/mol. The van der Waals surface area contributed by atoms with E-state index < -0.39 is 0 Å². The van der Waals surface area contributed by atoms with E-state index in [0.717, 1.165) is 32.5 Å². The quantitative estimate of drug-likeness (QED) is 0.780. The Labute approximate surface area is 138 Å². The van der Waals surface area contributed by atoms with Crippen molar-refractivity contribution in [2.75, 3.05) is 19.3 Å². The molecule has 122 valence electrons. The Kier molecular flexibility index (Phi) is 5.93. The summed E-state index contributed by atoms with van der Waals surface area (Å²) in [6.45, 7) is 9.06.